The van der Waals surface area contributed by atoms with Crippen LogP contribution in [0.2, 0.25) is 0 Å². The molecule has 1 N–H and O–H groups in total. The topological polar surface area (TPSA) is 37.3 Å². The highest BCUT2D eigenvalue weighted by Gasteiger charge is 1.98. The fourth-order valence-corrected chi connectivity index (χ4v) is 1.35. The summed E-state index contributed by atoms with van der Waals surface area (Å²) in [5, 5.41) is 8.53. The van der Waals surface area contributed by atoms with Gasteiger partial charge in [-0.3, -0.25) is 0 Å². The van der Waals surface area contributed by atoms with E-state index in [-0.39, 0.29) is 5.92 Å². The fourth-order valence-electron chi connectivity index (χ4n) is 1.35. The Morgan fingerprint density at radius 2 is 1.62 bits per heavy atom. The van der Waals surface area contributed by atoms with Crippen molar-refractivity contribution >= 4 is 6.29 Å². The van der Waals surface area contributed by atoms with E-state index in [0.29, 0.717) is 6.61 Å². The third kappa shape index (κ3) is 9.54. The van der Waals surface area contributed by atoms with Crippen LogP contribution in [0.3, 0.4) is 0 Å². The Bertz CT molecular complexity index is 113. The Balaban J connectivity index is 2.95. The molecule has 0 heterocycles. The largest absolute Gasteiger partial charge is 0.396 e. The molecule has 78 valence electrons. The van der Waals surface area contributed by atoms with Crippen molar-refractivity contribution in [3.63, 3.8) is 0 Å². The van der Waals surface area contributed by atoms with Crippen LogP contribution >= 0.6 is 0 Å². The first-order chi connectivity index (χ1) is 6.31. The van der Waals surface area contributed by atoms with E-state index in [4.69, 9.17) is 5.11 Å². The SMILES string of the molecule is CC(C=O)CCCCCCCCO. The second-order valence-corrected chi connectivity index (χ2v) is 3.75. The molecule has 1 unspecified atom stereocenters. The van der Waals surface area contributed by atoms with E-state index in [0.717, 1.165) is 25.5 Å². The molecule has 0 amide bonds. The van der Waals surface area contributed by atoms with Crippen molar-refractivity contribution in [3.8, 4) is 0 Å². The fraction of sp³-hybridized carbons (Fsp3) is 0.909. The van der Waals surface area contributed by atoms with Crippen LogP contribution in [-0.2, 0) is 4.79 Å². The molecule has 2 heteroatoms. The van der Waals surface area contributed by atoms with Gasteiger partial charge in [-0.1, -0.05) is 39.0 Å². The molecule has 0 fully saturated rings. The van der Waals surface area contributed by atoms with Gasteiger partial charge in [0.05, 0.1) is 0 Å². The van der Waals surface area contributed by atoms with Crippen molar-refractivity contribution in [2.24, 2.45) is 5.92 Å². The molecule has 0 aliphatic rings. The predicted octanol–water partition coefficient (Wildman–Crippen LogP) is 2.54. The van der Waals surface area contributed by atoms with Crippen molar-refractivity contribution < 1.29 is 9.90 Å². The molecule has 0 bridgehead atoms. The molecule has 0 aromatic heterocycles. The summed E-state index contributed by atoms with van der Waals surface area (Å²) in [5.41, 5.74) is 0. The lowest BCUT2D eigenvalue weighted by Gasteiger charge is -2.02. The number of aldehydes is 1. The smallest absolute Gasteiger partial charge is 0.122 e. The van der Waals surface area contributed by atoms with E-state index in [1.54, 1.807) is 0 Å². The third-order valence-corrected chi connectivity index (χ3v) is 2.30. The predicted molar refractivity (Wildman–Crippen MR) is 54.6 cm³/mol. The molecule has 0 aromatic carbocycles. The highest BCUT2D eigenvalue weighted by Crippen LogP contribution is 2.10. The van der Waals surface area contributed by atoms with Gasteiger partial charge in [0, 0.05) is 12.5 Å². The lowest BCUT2D eigenvalue weighted by atomic mass is 10.0. The second-order valence-electron chi connectivity index (χ2n) is 3.75. The first-order valence-electron chi connectivity index (χ1n) is 5.37. The minimum atomic E-state index is 0.234. The zero-order valence-electron chi connectivity index (χ0n) is 8.67. The van der Waals surface area contributed by atoms with Crippen LogP contribution in [0.15, 0.2) is 0 Å². The zero-order valence-corrected chi connectivity index (χ0v) is 8.67. The number of carbonyl (C=O) groups excluding carboxylic acids is 1. The maximum atomic E-state index is 10.3. The number of unbranched alkanes of at least 4 members (excludes halogenated alkanes) is 5. The number of hydrogen-bond acceptors (Lipinski definition) is 2. The molecule has 0 spiro atoms. The molecule has 0 aliphatic heterocycles. The minimum absolute atomic E-state index is 0.234. The maximum absolute atomic E-state index is 10.3. The molecule has 13 heavy (non-hydrogen) atoms. The average molecular weight is 186 g/mol. The molecule has 0 aromatic rings. The highest BCUT2D eigenvalue weighted by atomic mass is 16.2. The highest BCUT2D eigenvalue weighted by molar-refractivity contribution is 5.52. The Kier molecular flexibility index (Phi) is 9.44. The van der Waals surface area contributed by atoms with Gasteiger partial charge in [-0.25, -0.2) is 0 Å². The van der Waals surface area contributed by atoms with Crippen molar-refractivity contribution in [1.82, 2.24) is 0 Å². The Hall–Kier alpha value is -0.370. The summed E-state index contributed by atoms with van der Waals surface area (Å²) >= 11 is 0. The average Bonchev–Trinajstić information content (AvgIpc) is 2.16. The standard InChI is InChI=1S/C11H22O2/c1-11(10-13)8-6-4-2-3-5-7-9-12/h10-12H,2-9H2,1H3. The van der Waals surface area contributed by atoms with Crippen molar-refractivity contribution in [2.75, 3.05) is 6.61 Å². The Morgan fingerprint density at radius 3 is 2.15 bits per heavy atom. The van der Waals surface area contributed by atoms with Crippen LogP contribution in [0.5, 0.6) is 0 Å². The van der Waals surface area contributed by atoms with Crippen molar-refractivity contribution in [3.05, 3.63) is 0 Å². The summed E-state index contributed by atoms with van der Waals surface area (Å²) in [5.74, 6) is 0.234. The van der Waals surface area contributed by atoms with E-state index >= 15 is 0 Å². The molecule has 0 saturated carbocycles. The van der Waals surface area contributed by atoms with Gasteiger partial charge in [-0.15, -0.1) is 0 Å². The van der Waals surface area contributed by atoms with E-state index in [1.165, 1.54) is 25.7 Å². The number of carbonyl (C=O) groups is 1. The maximum Gasteiger partial charge on any atom is 0.122 e. The molecular formula is C11H22O2. The van der Waals surface area contributed by atoms with E-state index in [1.807, 2.05) is 6.92 Å². The number of rotatable bonds is 9. The second kappa shape index (κ2) is 9.72. The third-order valence-electron chi connectivity index (χ3n) is 2.30. The summed E-state index contributed by atoms with van der Waals surface area (Å²) in [6.45, 7) is 2.29. The lowest BCUT2D eigenvalue weighted by Crippen LogP contribution is -1.94. The van der Waals surface area contributed by atoms with E-state index < -0.39 is 0 Å². The quantitative estimate of drug-likeness (QED) is 0.444. The lowest BCUT2D eigenvalue weighted by molar-refractivity contribution is -0.110. The summed E-state index contributed by atoms with van der Waals surface area (Å²) in [6, 6.07) is 0. The molecule has 1 atom stereocenters. The van der Waals surface area contributed by atoms with Gasteiger partial charge < -0.3 is 9.90 Å². The van der Waals surface area contributed by atoms with Gasteiger partial charge in [0.25, 0.3) is 0 Å². The summed E-state index contributed by atoms with van der Waals surface area (Å²) in [7, 11) is 0. The van der Waals surface area contributed by atoms with Crippen molar-refractivity contribution in [2.45, 2.75) is 51.9 Å². The number of aliphatic hydroxyl groups is 1. The van der Waals surface area contributed by atoms with Gasteiger partial charge in [0.2, 0.25) is 0 Å². The first kappa shape index (κ1) is 12.6. The summed E-state index contributed by atoms with van der Waals surface area (Å²) in [4.78, 5) is 10.3. The normalized spacial score (nSPS) is 12.8. The van der Waals surface area contributed by atoms with Crippen molar-refractivity contribution in [1.29, 1.82) is 0 Å². The number of aliphatic hydroxyl groups excluding tert-OH is 1. The van der Waals surface area contributed by atoms with Crippen LogP contribution in [0.4, 0.5) is 0 Å². The van der Waals surface area contributed by atoms with Crippen LogP contribution in [0.25, 0.3) is 0 Å². The molecule has 0 rings (SSSR count). The van der Waals surface area contributed by atoms with Gasteiger partial charge in [0.1, 0.15) is 6.29 Å². The van der Waals surface area contributed by atoms with E-state index in [9.17, 15) is 4.79 Å². The summed E-state index contributed by atoms with van der Waals surface area (Å²) < 4.78 is 0. The molecular weight excluding hydrogens is 164 g/mol. The summed E-state index contributed by atoms with van der Waals surface area (Å²) in [6.07, 6.45) is 8.99. The van der Waals surface area contributed by atoms with Crippen LogP contribution < -0.4 is 0 Å². The Labute approximate surface area is 81.3 Å². The molecule has 0 saturated heterocycles. The first-order valence-corrected chi connectivity index (χ1v) is 5.37. The molecule has 2 nitrogen and oxygen atoms in total. The molecule has 0 aliphatic carbocycles. The van der Waals surface area contributed by atoms with Crippen LogP contribution in [-0.4, -0.2) is 18.0 Å². The zero-order chi connectivity index (χ0) is 9.94. The van der Waals surface area contributed by atoms with Crippen LogP contribution in [0.1, 0.15) is 51.9 Å². The van der Waals surface area contributed by atoms with Gasteiger partial charge in [0.15, 0.2) is 0 Å². The van der Waals surface area contributed by atoms with Gasteiger partial charge >= 0.3 is 0 Å². The van der Waals surface area contributed by atoms with Crippen LogP contribution in [0, 0.1) is 5.92 Å². The Morgan fingerprint density at radius 1 is 1.08 bits per heavy atom. The van der Waals surface area contributed by atoms with Gasteiger partial charge in [-0.2, -0.15) is 0 Å². The monoisotopic (exact) mass is 186 g/mol. The van der Waals surface area contributed by atoms with Gasteiger partial charge in [-0.05, 0) is 12.8 Å². The number of hydrogen-bond donors (Lipinski definition) is 1. The molecule has 0 radical (unpaired) electrons. The van der Waals surface area contributed by atoms with E-state index in [2.05, 4.69) is 0 Å². The minimum Gasteiger partial charge on any atom is -0.396 e.